The molecule has 1 aliphatic carbocycles. The number of nitrogens with zero attached hydrogens (tertiary/aromatic N) is 3. The average molecular weight is 230 g/mol. The van der Waals surface area contributed by atoms with Gasteiger partial charge in [-0.1, -0.05) is 13.3 Å². The molecule has 4 heteroatoms. The Kier molecular flexibility index (Phi) is 2.23. The first-order valence-electron chi connectivity index (χ1n) is 6.15. The Morgan fingerprint density at radius 2 is 2.35 bits per heavy atom. The van der Waals surface area contributed by atoms with Crippen LogP contribution >= 0.6 is 0 Å². The van der Waals surface area contributed by atoms with Crippen LogP contribution in [0.4, 0.5) is 0 Å². The fraction of sp³-hybridized carbons (Fsp3) is 0.538. The van der Waals surface area contributed by atoms with Gasteiger partial charge in [0.1, 0.15) is 5.82 Å². The van der Waals surface area contributed by atoms with Crippen molar-refractivity contribution in [2.75, 3.05) is 0 Å². The predicted molar refractivity (Wildman–Crippen MR) is 67.7 cm³/mol. The Hall–Kier alpha value is -1.42. The molecule has 2 N–H and O–H groups in total. The second-order valence-electron chi connectivity index (χ2n) is 5.28. The zero-order valence-electron chi connectivity index (χ0n) is 10.3. The summed E-state index contributed by atoms with van der Waals surface area (Å²) in [5.41, 5.74) is 8.37. The molecule has 0 amide bonds. The summed E-state index contributed by atoms with van der Waals surface area (Å²) in [7, 11) is 2.06. The van der Waals surface area contributed by atoms with E-state index in [9.17, 15) is 0 Å². The molecule has 1 fully saturated rings. The first kappa shape index (κ1) is 10.7. The molecule has 2 aromatic rings. The minimum absolute atomic E-state index is 0.00771. The van der Waals surface area contributed by atoms with E-state index in [1.54, 1.807) is 6.20 Å². The van der Waals surface area contributed by atoms with Crippen LogP contribution in [0.2, 0.25) is 0 Å². The van der Waals surface area contributed by atoms with Crippen LogP contribution in [0.25, 0.3) is 11.0 Å². The van der Waals surface area contributed by atoms with Gasteiger partial charge in [-0.2, -0.15) is 0 Å². The van der Waals surface area contributed by atoms with E-state index in [4.69, 9.17) is 10.7 Å². The Morgan fingerprint density at radius 1 is 1.53 bits per heavy atom. The molecular formula is C13H18N4. The maximum Gasteiger partial charge on any atom is 0.117 e. The molecule has 0 spiro atoms. The molecule has 0 aliphatic heterocycles. The number of fused-ring (bicyclic) bond motifs is 1. The van der Waals surface area contributed by atoms with Crippen LogP contribution in [0.5, 0.6) is 0 Å². The van der Waals surface area contributed by atoms with Gasteiger partial charge in [-0.05, 0) is 18.9 Å². The molecule has 0 radical (unpaired) electrons. The highest BCUT2D eigenvalue weighted by molar-refractivity contribution is 5.74. The smallest absolute Gasteiger partial charge is 0.117 e. The Bertz CT molecular complexity index is 560. The second-order valence-corrected chi connectivity index (χ2v) is 5.28. The van der Waals surface area contributed by atoms with Crippen LogP contribution in [-0.2, 0) is 12.5 Å². The number of nitrogens with two attached hydrogens (primary N) is 1. The van der Waals surface area contributed by atoms with Crippen LogP contribution in [0.15, 0.2) is 18.5 Å². The van der Waals surface area contributed by atoms with Gasteiger partial charge in [0.25, 0.3) is 0 Å². The molecule has 2 aromatic heterocycles. The summed E-state index contributed by atoms with van der Waals surface area (Å²) < 4.78 is 2.15. The maximum absolute atomic E-state index is 6.27. The second kappa shape index (κ2) is 3.53. The molecule has 2 unspecified atom stereocenters. The van der Waals surface area contributed by atoms with Gasteiger partial charge >= 0.3 is 0 Å². The highest BCUT2D eigenvalue weighted by Gasteiger charge is 2.41. The quantitative estimate of drug-likeness (QED) is 0.811. The van der Waals surface area contributed by atoms with E-state index < -0.39 is 0 Å². The lowest BCUT2D eigenvalue weighted by Crippen LogP contribution is -2.40. The van der Waals surface area contributed by atoms with E-state index in [2.05, 4.69) is 23.5 Å². The summed E-state index contributed by atoms with van der Waals surface area (Å²) in [6.07, 6.45) is 7.07. The van der Waals surface area contributed by atoms with E-state index in [1.807, 2.05) is 12.3 Å². The molecule has 2 heterocycles. The van der Waals surface area contributed by atoms with Gasteiger partial charge in [0.15, 0.2) is 0 Å². The van der Waals surface area contributed by atoms with E-state index in [1.165, 1.54) is 6.42 Å². The monoisotopic (exact) mass is 230 g/mol. The van der Waals surface area contributed by atoms with Crippen LogP contribution < -0.4 is 5.73 Å². The van der Waals surface area contributed by atoms with Crippen molar-refractivity contribution < 1.29 is 0 Å². The Balaban J connectivity index is 2.21. The highest BCUT2D eigenvalue weighted by Crippen LogP contribution is 2.39. The van der Waals surface area contributed by atoms with Crippen molar-refractivity contribution in [1.29, 1.82) is 0 Å². The molecule has 0 bridgehead atoms. The van der Waals surface area contributed by atoms with E-state index in [-0.39, 0.29) is 11.5 Å². The normalized spacial score (nSPS) is 29.0. The van der Waals surface area contributed by atoms with E-state index in [0.29, 0.717) is 0 Å². The van der Waals surface area contributed by atoms with Crippen molar-refractivity contribution in [2.24, 2.45) is 12.8 Å². The summed E-state index contributed by atoms with van der Waals surface area (Å²) >= 11 is 0. The Labute approximate surface area is 101 Å². The molecule has 90 valence electrons. The van der Waals surface area contributed by atoms with Crippen LogP contribution in [-0.4, -0.2) is 20.6 Å². The molecular weight excluding hydrogens is 212 g/mol. The fourth-order valence-electron chi connectivity index (χ4n) is 3.02. The average Bonchev–Trinajstić information content (AvgIpc) is 2.83. The standard InChI is InChI=1S/C13H18N4/c1-13(6-3-4-11(13)14)12-16-9-5-7-15-8-10(9)17(12)2/h5,7-8,11H,3-4,6,14H2,1-2H3. The highest BCUT2D eigenvalue weighted by atomic mass is 15.1. The number of aromatic nitrogens is 3. The molecule has 1 saturated carbocycles. The number of rotatable bonds is 1. The number of aryl methyl sites for hydroxylation is 1. The van der Waals surface area contributed by atoms with Crippen LogP contribution in [0.3, 0.4) is 0 Å². The van der Waals surface area contributed by atoms with E-state index in [0.717, 1.165) is 29.7 Å². The maximum atomic E-state index is 6.27. The van der Waals surface area contributed by atoms with Crippen molar-refractivity contribution in [3.05, 3.63) is 24.3 Å². The third-order valence-electron chi connectivity index (χ3n) is 4.22. The van der Waals surface area contributed by atoms with Gasteiger partial charge in [-0.3, -0.25) is 4.98 Å². The van der Waals surface area contributed by atoms with Gasteiger partial charge in [0, 0.05) is 24.7 Å². The molecule has 2 atom stereocenters. The van der Waals surface area contributed by atoms with E-state index >= 15 is 0 Å². The minimum atomic E-state index is 0.00771. The van der Waals surface area contributed by atoms with Crippen molar-refractivity contribution in [2.45, 2.75) is 37.6 Å². The minimum Gasteiger partial charge on any atom is -0.329 e. The number of hydrogen-bond donors (Lipinski definition) is 1. The molecule has 0 saturated heterocycles. The largest absolute Gasteiger partial charge is 0.329 e. The van der Waals surface area contributed by atoms with Crippen LogP contribution in [0.1, 0.15) is 32.0 Å². The summed E-state index contributed by atoms with van der Waals surface area (Å²) in [5.74, 6) is 1.10. The fourth-order valence-corrected chi connectivity index (χ4v) is 3.02. The number of imidazole rings is 1. The summed E-state index contributed by atoms with van der Waals surface area (Å²) in [6, 6.07) is 2.17. The first-order chi connectivity index (χ1) is 8.13. The van der Waals surface area contributed by atoms with Crippen molar-refractivity contribution in [1.82, 2.24) is 14.5 Å². The predicted octanol–water partition coefficient (Wildman–Crippen LogP) is 1.74. The topological polar surface area (TPSA) is 56.7 Å². The Morgan fingerprint density at radius 3 is 3.00 bits per heavy atom. The summed E-state index contributed by atoms with van der Waals surface area (Å²) in [5, 5.41) is 0. The lowest BCUT2D eigenvalue weighted by Gasteiger charge is -2.28. The van der Waals surface area contributed by atoms with Gasteiger partial charge in [-0.15, -0.1) is 0 Å². The van der Waals surface area contributed by atoms with Crippen molar-refractivity contribution in [3.63, 3.8) is 0 Å². The molecule has 1 aliphatic rings. The third-order valence-corrected chi connectivity index (χ3v) is 4.22. The molecule has 17 heavy (non-hydrogen) atoms. The summed E-state index contributed by atoms with van der Waals surface area (Å²) in [6.45, 7) is 2.24. The van der Waals surface area contributed by atoms with Gasteiger partial charge in [0.05, 0.1) is 17.2 Å². The van der Waals surface area contributed by atoms with Gasteiger partial charge in [-0.25, -0.2) is 4.98 Å². The molecule has 0 aromatic carbocycles. The SMILES string of the molecule is Cn1c(C2(C)CCCC2N)nc2ccncc21. The number of hydrogen-bond acceptors (Lipinski definition) is 3. The summed E-state index contributed by atoms with van der Waals surface area (Å²) in [4.78, 5) is 8.92. The zero-order chi connectivity index (χ0) is 12.0. The van der Waals surface area contributed by atoms with Gasteiger partial charge in [0.2, 0.25) is 0 Å². The molecule has 4 nitrogen and oxygen atoms in total. The lowest BCUT2D eigenvalue weighted by atomic mass is 9.84. The molecule has 3 rings (SSSR count). The van der Waals surface area contributed by atoms with Crippen molar-refractivity contribution in [3.8, 4) is 0 Å². The van der Waals surface area contributed by atoms with Gasteiger partial charge < -0.3 is 10.3 Å². The van der Waals surface area contributed by atoms with Crippen molar-refractivity contribution >= 4 is 11.0 Å². The first-order valence-corrected chi connectivity index (χ1v) is 6.15. The lowest BCUT2D eigenvalue weighted by molar-refractivity contribution is 0.395. The van der Waals surface area contributed by atoms with Crippen LogP contribution in [0, 0.1) is 0 Å². The zero-order valence-corrected chi connectivity index (χ0v) is 10.3. The third kappa shape index (κ3) is 1.40. The number of pyridine rings is 1.